The van der Waals surface area contributed by atoms with E-state index in [1.807, 2.05) is 6.92 Å². The first-order valence-electron chi connectivity index (χ1n) is 7.68. The number of nitrogens with one attached hydrogen (secondary N) is 1. The number of fused-ring (bicyclic) bond motifs is 2. The number of ether oxygens (including phenoxy) is 1. The number of nitrogens with two attached hydrogens (primary N) is 1. The van der Waals surface area contributed by atoms with E-state index in [0.29, 0.717) is 30.0 Å². The van der Waals surface area contributed by atoms with Gasteiger partial charge in [-0.15, -0.1) is 0 Å². The zero-order valence-electron chi connectivity index (χ0n) is 12.3. The van der Waals surface area contributed by atoms with Crippen LogP contribution in [-0.4, -0.2) is 22.6 Å². The molecule has 3 rings (SSSR count). The third kappa shape index (κ3) is 2.41. The number of nitrogens with zero attached hydrogens (tertiary/aromatic N) is 2. The zero-order valence-corrected chi connectivity index (χ0v) is 12.3. The van der Waals surface area contributed by atoms with E-state index in [-0.39, 0.29) is 0 Å². The van der Waals surface area contributed by atoms with E-state index >= 15 is 0 Å². The second kappa shape index (κ2) is 5.46. The Bertz CT molecular complexity index is 479. The van der Waals surface area contributed by atoms with Gasteiger partial charge in [0.1, 0.15) is 12.0 Å². The fourth-order valence-corrected chi connectivity index (χ4v) is 3.98. The van der Waals surface area contributed by atoms with Crippen LogP contribution in [0.4, 0.5) is 11.5 Å². The largest absolute Gasteiger partial charge is 0.476 e. The molecular formula is C15H24N4O. The third-order valence-electron chi connectivity index (χ3n) is 4.93. The van der Waals surface area contributed by atoms with Crippen molar-refractivity contribution in [3.05, 3.63) is 6.33 Å². The zero-order chi connectivity index (χ0) is 14.1. The quantitative estimate of drug-likeness (QED) is 0.865. The molecule has 1 aromatic rings. The highest BCUT2D eigenvalue weighted by Gasteiger charge is 2.41. The third-order valence-corrected chi connectivity index (χ3v) is 4.93. The van der Waals surface area contributed by atoms with E-state index in [4.69, 9.17) is 10.5 Å². The summed E-state index contributed by atoms with van der Waals surface area (Å²) in [5.41, 5.74) is 6.60. The highest BCUT2D eigenvalue weighted by molar-refractivity contribution is 5.66. The molecule has 0 radical (unpaired) electrons. The van der Waals surface area contributed by atoms with Crippen LogP contribution in [0, 0.1) is 17.8 Å². The first-order valence-corrected chi connectivity index (χ1v) is 7.68. The van der Waals surface area contributed by atoms with Crippen molar-refractivity contribution >= 4 is 11.5 Å². The van der Waals surface area contributed by atoms with Gasteiger partial charge >= 0.3 is 0 Å². The standard InChI is InChI=1S/C15H24N4O/c1-3-20-15-13(16)14(17-8-18-15)19-9(2)12-7-10-4-5-11(12)6-10/h8-12H,3-7,16H2,1-2H3,(H,17,18,19). The predicted molar refractivity (Wildman–Crippen MR) is 79.6 cm³/mol. The smallest absolute Gasteiger partial charge is 0.242 e. The van der Waals surface area contributed by atoms with Crippen LogP contribution in [0.15, 0.2) is 6.33 Å². The van der Waals surface area contributed by atoms with Crippen molar-refractivity contribution < 1.29 is 4.74 Å². The van der Waals surface area contributed by atoms with E-state index in [1.54, 1.807) is 0 Å². The lowest BCUT2D eigenvalue weighted by Crippen LogP contribution is -2.30. The van der Waals surface area contributed by atoms with Crippen LogP contribution in [0.25, 0.3) is 0 Å². The van der Waals surface area contributed by atoms with Gasteiger partial charge in [-0.25, -0.2) is 4.98 Å². The predicted octanol–water partition coefficient (Wildman–Crippen LogP) is 2.69. The minimum Gasteiger partial charge on any atom is -0.476 e. The Balaban J connectivity index is 1.69. The molecule has 0 aliphatic heterocycles. The van der Waals surface area contributed by atoms with Gasteiger partial charge in [-0.05, 0) is 50.9 Å². The lowest BCUT2D eigenvalue weighted by atomic mass is 9.84. The van der Waals surface area contributed by atoms with Crippen molar-refractivity contribution in [1.82, 2.24) is 9.97 Å². The summed E-state index contributed by atoms with van der Waals surface area (Å²) in [4.78, 5) is 8.34. The summed E-state index contributed by atoms with van der Waals surface area (Å²) in [6, 6.07) is 0.400. The maximum atomic E-state index is 6.08. The minimum atomic E-state index is 0.400. The summed E-state index contributed by atoms with van der Waals surface area (Å²) < 4.78 is 5.42. The number of aromatic nitrogens is 2. The SMILES string of the molecule is CCOc1ncnc(NC(C)C2CC3CCC2C3)c1N. The maximum Gasteiger partial charge on any atom is 0.242 e. The molecule has 5 nitrogen and oxygen atoms in total. The van der Waals surface area contributed by atoms with E-state index in [2.05, 4.69) is 22.2 Å². The molecule has 0 amide bonds. The fraction of sp³-hybridized carbons (Fsp3) is 0.733. The fourth-order valence-electron chi connectivity index (χ4n) is 3.98. The Hall–Kier alpha value is -1.52. The molecule has 2 aliphatic rings. The number of hydrogen-bond donors (Lipinski definition) is 2. The Morgan fingerprint density at radius 2 is 2.25 bits per heavy atom. The summed E-state index contributed by atoms with van der Waals surface area (Å²) in [7, 11) is 0. The Kier molecular flexibility index (Phi) is 3.68. The Labute approximate surface area is 120 Å². The Morgan fingerprint density at radius 1 is 1.40 bits per heavy atom. The van der Waals surface area contributed by atoms with Gasteiger partial charge in [0.2, 0.25) is 5.88 Å². The maximum absolute atomic E-state index is 6.08. The molecular weight excluding hydrogens is 252 g/mol. The highest BCUT2D eigenvalue weighted by Crippen LogP contribution is 2.50. The molecule has 110 valence electrons. The summed E-state index contributed by atoms with van der Waals surface area (Å²) in [5, 5.41) is 3.48. The van der Waals surface area contributed by atoms with E-state index in [9.17, 15) is 0 Å². The van der Waals surface area contributed by atoms with Gasteiger partial charge in [-0.2, -0.15) is 4.98 Å². The molecule has 1 heterocycles. The molecule has 0 spiro atoms. The number of anilines is 2. The molecule has 1 aromatic heterocycles. The van der Waals surface area contributed by atoms with Gasteiger partial charge in [0.05, 0.1) is 6.61 Å². The second-order valence-electron chi connectivity index (χ2n) is 6.15. The summed E-state index contributed by atoms with van der Waals surface area (Å²) in [6.45, 7) is 4.72. The normalized spacial score (nSPS) is 29.4. The van der Waals surface area contributed by atoms with Crippen molar-refractivity contribution in [1.29, 1.82) is 0 Å². The Morgan fingerprint density at radius 3 is 2.90 bits per heavy atom. The van der Waals surface area contributed by atoms with Crippen LogP contribution in [-0.2, 0) is 0 Å². The first-order chi connectivity index (χ1) is 9.69. The molecule has 2 fully saturated rings. The van der Waals surface area contributed by atoms with E-state index < -0.39 is 0 Å². The van der Waals surface area contributed by atoms with E-state index in [0.717, 1.165) is 17.8 Å². The van der Waals surface area contributed by atoms with Crippen molar-refractivity contribution in [3.8, 4) is 5.88 Å². The summed E-state index contributed by atoms with van der Waals surface area (Å²) >= 11 is 0. The number of rotatable bonds is 5. The van der Waals surface area contributed by atoms with Crippen molar-refractivity contribution in [2.24, 2.45) is 17.8 Å². The molecule has 0 saturated heterocycles. The van der Waals surface area contributed by atoms with Crippen LogP contribution >= 0.6 is 0 Å². The van der Waals surface area contributed by atoms with Crippen molar-refractivity contribution in [2.75, 3.05) is 17.7 Å². The molecule has 3 N–H and O–H groups in total. The van der Waals surface area contributed by atoms with Crippen molar-refractivity contribution in [2.45, 2.75) is 45.6 Å². The van der Waals surface area contributed by atoms with Crippen molar-refractivity contribution in [3.63, 3.8) is 0 Å². The lowest BCUT2D eigenvalue weighted by Gasteiger charge is -2.29. The average molecular weight is 276 g/mol. The summed E-state index contributed by atoms with van der Waals surface area (Å²) in [5.74, 6) is 3.77. The van der Waals surface area contributed by atoms with Gasteiger partial charge in [0.25, 0.3) is 0 Å². The van der Waals surface area contributed by atoms with Crippen LogP contribution < -0.4 is 15.8 Å². The topological polar surface area (TPSA) is 73.1 Å². The molecule has 0 aromatic carbocycles. The summed E-state index contributed by atoms with van der Waals surface area (Å²) in [6.07, 6.45) is 7.10. The molecule has 20 heavy (non-hydrogen) atoms. The van der Waals surface area contributed by atoms with Gasteiger partial charge in [0, 0.05) is 6.04 Å². The van der Waals surface area contributed by atoms with Gasteiger partial charge in [-0.1, -0.05) is 6.42 Å². The van der Waals surface area contributed by atoms with Crippen LogP contribution in [0.3, 0.4) is 0 Å². The average Bonchev–Trinajstić information content (AvgIpc) is 3.06. The van der Waals surface area contributed by atoms with Crippen LogP contribution in [0.2, 0.25) is 0 Å². The molecule has 5 heteroatoms. The monoisotopic (exact) mass is 276 g/mol. The molecule has 2 aliphatic carbocycles. The first kappa shape index (κ1) is 13.5. The van der Waals surface area contributed by atoms with Gasteiger partial charge < -0.3 is 15.8 Å². The van der Waals surface area contributed by atoms with E-state index in [1.165, 1.54) is 32.0 Å². The minimum absolute atomic E-state index is 0.400. The van der Waals surface area contributed by atoms with Crippen LogP contribution in [0.5, 0.6) is 5.88 Å². The van der Waals surface area contributed by atoms with Gasteiger partial charge in [0.15, 0.2) is 5.82 Å². The van der Waals surface area contributed by atoms with Crippen LogP contribution in [0.1, 0.15) is 39.5 Å². The lowest BCUT2D eigenvalue weighted by molar-refractivity contribution is 0.303. The number of hydrogen-bond acceptors (Lipinski definition) is 5. The molecule has 2 bridgehead atoms. The molecule has 4 unspecified atom stereocenters. The highest BCUT2D eigenvalue weighted by atomic mass is 16.5. The molecule has 2 saturated carbocycles. The second-order valence-corrected chi connectivity index (χ2v) is 6.15. The number of nitrogen functional groups attached to an aromatic ring is 1. The molecule has 4 atom stereocenters. The van der Waals surface area contributed by atoms with Gasteiger partial charge in [-0.3, -0.25) is 0 Å².